The van der Waals surface area contributed by atoms with Gasteiger partial charge in [0.25, 0.3) is 0 Å². The van der Waals surface area contributed by atoms with Gasteiger partial charge >= 0.3 is 0 Å². The molecule has 0 radical (unpaired) electrons. The summed E-state index contributed by atoms with van der Waals surface area (Å²) in [6.07, 6.45) is 3.67. The molecule has 0 bridgehead atoms. The summed E-state index contributed by atoms with van der Waals surface area (Å²) in [5.74, 6) is 0.0360. The van der Waals surface area contributed by atoms with Crippen molar-refractivity contribution in [2.75, 3.05) is 34.2 Å². The van der Waals surface area contributed by atoms with E-state index in [2.05, 4.69) is 23.9 Å². The molecular weight excluding hydrogens is 315 g/mol. The fraction of sp³-hybridized carbons (Fsp3) is 0.643. The van der Waals surface area contributed by atoms with E-state index < -0.39 is 0 Å². The van der Waals surface area contributed by atoms with E-state index in [0.29, 0.717) is 20.8 Å². The molecule has 0 amide bonds. The number of hydrogen-bond acceptors (Lipinski definition) is 4. The number of rotatable bonds is 6. The molecular formula is C14H20Cl2N2OS. The Morgan fingerprint density at radius 3 is 2.40 bits per heavy atom. The molecule has 1 heterocycles. The molecule has 0 aromatic carbocycles. The van der Waals surface area contributed by atoms with E-state index in [1.54, 1.807) is 6.07 Å². The summed E-state index contributed by atoms with van der Waals surface area (Å²) in [5, 5.41) is 0. The van der Waals surface area contributed by atoms with Crippen molar-refractivity contribution in [3.63, 3.8) is 0 Å². The van der Waals surface area contributed by atoms with Gasteiger partial charge in [0, 0.05) is 12.1 Å². The van der Waals surface area contributed by atoms with Crippen molar-refractivity contribution in [1.82, 2.24) is 9.80 Å². The maximum absolute atomic E-state index is 12.3. The Kier molecular flexibility index (Phi) is 5.14. The van der Waals surface area contributed by atoms with Crippen molar-refractivity contribution in [3.05, 3.63) is 20.3 Å². The number of likely N-dealkylation sites (N-methyl/N-ethyl adjacent to an activating group) is 2. The van der Waals surface area contributed by atoms with Gasteiger partial charge in [0.05, 0.1) is 16.4 Å². The molecule has 1 saturated carbocycles. The lowest BCUT2D eigenvalue weighted by Crippen LogP contribution is -2.57. The summed E-state index contributed by atoms with van der Waals surface area (Å²) in [7, 11) is 6.22. The average Bonchev–Trinajstić information content (AvgIpc) is 2.62. The number of carbonyl (C=O) groups excluding carboxylic acids is 1. The summed E-state index contributed by atoms with van der Waals surface area (Å²) in [6.45, 7) is 1.28. The molecule has 1 aliphatic rings. The fourth-order valence-electron chi connectivity index (χ4n) is 2.75. The minimum atomic E-state index is 0.0360. The van der Waals surface area contributed by atoms with Crippen LogP contribution in [-0.2, 0) is 0 Å². The van der Waals surface area contributed by atoms with E-state index in [0.717, 1.165) is 6.54 Å². The Bertz CT molecular complexity index is 497. The number of carbonyl (C=O) groups is 1. The van der Waals surface area contributed by atoms with Crippen molar-refractivity contribution in [1.29, 1.82) is 0 Å². The van der Waals surface area contributed by atoms with Crippen LogP contribution >= 0.6 is 34.5 Å². The van der Waals surface area contributed by atoms with Crippen LogP contribution in [0.15, 0.2) is 6.07 Å². The lowest BCUT2D eigenvalue weighted by Gasteiger charge is -2.49. The predicted octanol–water partition coefficient (Wildman–Crippen LogP) is 3.65. The second-order valence-electron chi connectivity index (χ2n) is 5.81. The van der Waals surface area contributed by atoms with Gasteiger partial charge in [0.2, 0.25) is 0 Å². The summed E-state index contributed by atoms with van der Waals surface area (Å²) in [5.41, 5.74) is 0.770. The maximum Gasteiger partial charge on any atom is 0.179 e. The highest BCUT2D eigenvalue weighted by atomic mass is 35.5. The van der Waals surface area contributed by atoms with E-state index >= 15 is 0 Å². The summed E-state index contributed by atoms with van der Waals surface area (Å²) in [6, 6.07) is 1.66. The van der Waals surface area contributed by atoms with Crippen LogP contribution in [0.1, 0.15) is 29.6 Å². The largest absolute Gasteiger partial charge is 0.302 e. The number of thiophene rings is 1. The number of nitrogens with zero attached hydrogens (tertiary/aromatic N) is 2. The number of hydrogen-bond donors (Lipinski definition) is 0. The second-order valence-corrected chi connectivity index (χ2v) is 8.09. The fourth-order valence-corrected chi connectivity index (χ4v) is 4.25. The third kappa shape index (κ3) is 3.37. The first-order valence-corrected chi connectivity index (χ1v) is 8.25. The third-order valence-corrected chi connectivity index (χ3v) is 5.66. The van der Waals surface area contributed by atoms with E-state index in [-0.39, 0.29) is 11.3 Å². The minimum absolute atomic E-state index is 0.0360. The zero-order chi connectivity index (χ0) is 14.9. The molecule has 0 N–H and O–H groups in total. The number of halogens is 2. The van der Waals surface area contributed by atoms with Crippen molar-refractivity contribution in [2.24, 2.45) is 0 Å². The summed E-state index contributed by atoms with van der Waals surface area (Å²) >= 11 is 13.2. The standard InChI is InChI=1S/C14H20Cl2N2OS/c1-17(2)14(5-4-6-14)9-18(3)8-11(19)10-7-12(15)20-13(10)16/h7H,4-6,8-9H2,1-3H3. The van der Waals surface area contributed by atoms with E-state index in [4.69, 9.17) is 23.2 Å². The molecule has 6 heteroatoms. The van der Waals surface area contributed by atoms with Crippen LogP contribution in [0.5, 0.6) is 0 Å². The zero-order valence-corrected chi connectivity index (χ0v) is 14.4. The van der Waals surface area contributed by atoms with Crippen LogP contribution in [0.4, 0.5) is 0 Å². The van der Waals surface area contributed by atoms with Gasteiger partial charge in [-0.25, -0.2) is 0 Å². The SMILES string of the molecule is CN(CC(=O)c1cc(Cl)sc1Cl)CC1(N(C)C)CCC1. The van der Waals surface area contributed by atoms with Crippen molar-refractivity contribution >= 4 is 40.3 Å². The first-order valence-electron chi connectivity index (χ1n) is 6.68. The molecule has 0 saturated heterocycles. The molecule has 0 atom stereocenters. The second kappa shape index (κ2) is 6.32. The highest BCUT2D eigenvalue weighted by Crippen LogP contribution is 2.37. The smallest absolute Gasteiger partial charge is 0.179 e. The summed E-state index contributed by atoms with van der Waals surface area (Å²) < 4.78 is 1.05. The lowest BCUT2D eigenvalue weighted by atomic mass is 9.75. The van der Waals surface area contributed by atoms with Gasteiger partial charge in [-0.1, -0.05) is 23.2 Å². The zero-order valence-electron chi connectivity index (χ0n) is 12.1. The molecule has 1 aromatic rings. The van der Waals surface area contributed by atoms with Crippen molar-refractivity contribution < 1.29 is 4.79 Å². The monoisotopic (exact) mass is 334 g/mol. The Labute approximate surface area is 134 Å². The number of Topliss-reactive ketones (excluding diaryl/α,β-unsaturated/α-hetero) is 1. The molecule has 1 aromatic heterocycles. The van der Waals surface area contributed by atoms with Crippen LogP contribution in [0.2, 0.25) is 8.67 Å². The van der Waals surface area contributed by atoms with Gasteiger partial charge in [0.1, 0.15) is 4.34 Å². The molecule has 0 aliphatic heterocycles. The lowest BCUT2D eigenvalue weighted by molar-refractivity contribution is 0.0280. The third-order valence-electron chi connectivity index (χ3n) is 4.17. The average molecular weight is 335 g/mol. The van der Waals surface area contributed by atoms with Gasteiger partial charge in [0.15, 0.2) is 5.78 Å². The van der Waals surface area contributed by atoms with Crippen LogP contribution in [0.3, 0.4) is 0 Å². The van der Waals surface area contributed by atoms with E-state index in [1.165, 1.54) is 30.6 Å². The van der Waals surface area contributed by atoms with Crippen LogP contribution in [-0.4, -0.2) is 55.4 Å². The molecule has 0 spiro atoms. The number of ketones is 1. The molecule has 3 nitrogen and oxygen atoms in total. The Morgan fingerprint density at radius 1 is 1.35 bits per heavy atom. The molecule has 2 rings (SSSR count). The predicted molar refractivity (Wildman–Crippen MR) is 86.4 cm³/mol. The molecule has 1 fully saturated rings. The van der Waals surface area contributed by atoms with Crippen LogP contribution in [0.25, 0.3) is 0 Å². The quantitative estimate of drug-likeness (QED) is 0.742. The topological polar surface area (TPSA) is 23.6 Å². The first-order chi connectivity index (χ1) is 9.34. The van der Waals surface area contributed by atoms with E-state index in [9.17, 15) is 4.79 Å². The van der Waals surface area contributed by atoms with Crippen LogP contribution in [0, 0.1) is 0 Å². The minimum Gasteiger partial charge on any atom is -0.302 e. The van der Waals surface area contributed by atoms with Gasteiger partial charge in [-0.3, -0.25) is 9.69 Å². The highest BCUT2D eigenvalue weighted by molar-refractivity contribution is 7.20. The Morgan fingerprint density at radius 2 is 2.00 bits per heavy atom. The van der Waals surface area contributed by atoms with Crippen molar-refractivity contribution in [2.45, 2.75) is 24.8 Å². The normalized spacial score (nSPS) is 17.6. The Balaban J connectivity index is 1.96. The molecule has 112 valence electrons. The van der Waals surface area contributed by atoms with Gasteiger partial charge in [-0.2, -0.15) is 0 Å². The van der Waals surface area contributed by atoms with E-state index in [1.807, 2.05) is 7.05 Å². The Hall–Kier alpha value is -0.130. The van der Waals surface area contributed by atoms with Gasteiger partial charge < -0.3 is 4.90 Å². The van der Waals surface area contributed by atoms with Gasteiger partial charge in [-0.05, 0) is 46.5 Å². The summed E-state index contributed by atoms with van der Waals surface area (Å²) in [4.78, 5) is 16.6. The highest BCUT2D eigenvalue weighted by Gasteiger charge is 2.40. The maximum atomic E-state index is 12.3. The molecule has 1 aliphatic carbocycles. The first kappa shape index (κ1) is 16.2. The van der Waals surface area contributed by atoms with Gasteiger partial charge in [-0.15, -0.1) is 11.3 Å². The van der Waals surface area contributed by atoms with Crippen molar-refractivity contribution in [3.8, 4) is 0 Å². The molecule has 0 unspecified atom stereocenters. The van der Waals surface area contributed by atoms with Crippen LogP contribution < -0.4 is 0 Å². The molecule has 20 heavy (non-hydrogen) atoms.